The minimum atomic E-state index is -1.05. The number of aliphatic hydroxyl groups is 1. The molecule has 0 aliphatic carbocycles. The predicted octanol–water partition coefficient (Wildman–Crippen LogP) is 4.34. The lowest BCUT2D eigenvalue weighted by molar-refractivity contribution is 0.216. The standard InChI is InChI=1S/C17H18F2O/c1-17(2,3)15-7-5-4-6-14(15)16(20)11-8-12(18)10-13(19)9-11/h4-10,16,20H,1-3H3. The van der Waals surface area contributed by atoms with E-state index in [1.54, 1.807) is 6.07 Å². The van der Waals surface area contributed by atoms with Gasteiger partial charge in [-0.2, -0.15) is 0 Å². The lowest BCUT2D eigenvalue weighted by atomic mass is 9.81. The van der Waals surface area contributed by atoms with Crippen LogP contribution in [-0.4, -0.2) is 5.11 Å². The lowest BCUT2D eigenvalue weighted by Crippen LogP contribution is -2.16. The number of hydrogen-bond donors (Lipinski definition) is 1. The quantitative estimate of drug-likeness (QED) is 0.865. The monoisotopic (exact) mass is 276 g/mol. The van der Waals surface area contributed by atoms with E-state index in [9.17, 15) is 13.9 Å². The summed E-state index contributed by atoms with van der Waals surface area (Å²) in [6.07, 6.45) is -1.05. The van der Waals surface area contributed by atoms with E-state index in [-0.39, 0.29) is 11.0 Å². The van der Waals surface area contributed by atoms with Gasteiger partial charge in [0.1, 0.15) is 17.7 Å². The van der Waals surface area contributed by atoms with Gasteiger partial charge in [-0.3, -0.25) is 0 Å². The SMILES string of the molecule is CC(C)(C)c1ccccc1C(O)c1cc(F)cc(F)c1. The third kappa shape index (κ3) is 3.05. The molecule has 1 atom stereocenters. The maximum atomic E-state index is 13.3. The van der Waals surface area contributed by atoms with Crippen molar-refractivity contribution < 1.29 is 13.9 Å². The topological polar surface area (TPSA) is 20.2 Å². The summed E-state index contributed by atoms with van der Waals surface area (Å²) in [6, 6.07) is 10.5. The fourth-order valence-electron chi connectivity index (χ4n) is 2.33. The second-order valence-corrected chi connectivity index (χ2v) is 5.94. The van der Waals surface area contributed by atoms with Crippen molar-refractivity contribution in [3.8, 4) is 0 Å². The van der Waals surface area contributed by atoms with Crippen molar-refractivity contribution in [1.82, 2.24) is 0 Å². The van der Waals surface area contributed by atoms with E-state index in [0.717, 1.165) is 23.8 Å². The summed E-state index contributed by atoms with van der Waals surface area (Å²) in [4.78, 5) is 0. The molecule has 0 spiro atoms. The van der Waals surface area contributed by atoms with Crippen LogP contribution in [0.25, 0.3) is 0 Å². The highest BCUT2D eigenvalue weighted by molar-refractivity contribution is 5.39. The Hall–Kier alpha value is -1.74. The number of halogens is 2. The average molecular weight is 276 g/mol. The van der Waals surface area contributed by atoms with Crippen molar-refractivity contribution in [3.05, 3.63) is 70.8 Å². The summed E-state index contributed by atoms with van der Waals surface area (Å²) in [5, 5.41) is 10.5. The van der Waals surface area contributed by atoms with Crippen LogP contribution in [0, 0.1) is 11.6 Å². The molecule has 1 unspecified atom stereocenters. The summed E-state index contributed by atoms with van der Waals surface area (Å²) in [7, 11) is 0. The van der Waals surface area contributed by atoms with E-state index >= 15 is 0 Å². The van der Waals surface area contributed by atoms with Gasteiger partial charge in [0.2, 0.25) is 0 Å². The zero-order valence-corrected chi connectivity index (χ0v) is 11.8. The molecule has 2 aromatic rings. The Kier molecular flexibility index (Phi) is 3.91. The first-order valence-electron chi connectivity index (χ1n) is 6.52. The fraction of sp³-hybridized carbons (Fsp3) is 0.294. The first-order valence-corrected chi connectivity index (χ1v) is 6.52. The second kappa shape index (κ2) is 5.33. The zero-order chi connectivity index (χ0) is 14.9. The van der Waals surface area contributed by atoms with Gasteiger partial charge in [-0.15, -0.1) is 0 Å². The van der Waals surface area contributed by atoms with E-state index in [4.69, 9.17) is 0 Å². The Bertz CT molecular complexity index is 594. The molecule has 0 radical (unpaired) electrons. The van der Waals surface area contributed by atoms with Gasteiger partial charge in [0.15, 0.2) is 0 Å². The van der Waals surface area contributed by atoms with Gasteiger partial charge >= 0.3 is 0 Å². The Labute approximate surface area is 117 Å². The molecule has 106 valence electrons. The van der Waals surface area contributed by atoms with E-state index in [0.29, 0.717) is 5.56 Å². The molecule has 0 fully saturated rings. The Balaban J connectivity index is 2.51. The molecule has 20 heavy (non-hydrogen) atoms. The van der Waals surface area contributed by atoms with Crippen LogP contribution in [0.5, 0.6) is 0 Å². The summed E-state index contributed by atoms with van der Waals surface area (Å²) in [5.41, 5.74) is 1.69. The first kappa shape index (κ1) is 14.7. The van der Waals surface area contributed by atoms with Gasteiger partial charge in [0, 0.05) is 6.07 Å². The van der Waals surface area contributed by atoms with E-state index in [2.05, 4.69) is 0 Å². The number of aliphatic hydroxyl groups excluding tert-OH is 1. The van der Waals surface area contributed by atoms with Crippen molar-refractivity contribution in [2.24, 2.45) is 0 Å². The molecule has 0 aliphatic rings. The molecule has 0 saturated carbocycles. The van der Waals surface area contributed by atoms with Gasteiger partial charge in [-0.05, 0) is 34.2 Å². The number of rotatable bonds is 2. The van der Waals surface area contributed by atoms with E-state index in [1.807, 2.05) is 39.0 Å². The maximum absolute atomic E-state index is 13.3. The van der Waals surface area contributed by atoms with Crippen molar-refractivity contribution >= 4 is 0 Å². The van der Waals surface area contributed by atoms with E-state index < -0.39 is 17.7 Å². The van der Waals surface area contributed by atoms with E-state index in [1.165, 1.54) is 0 Å². The molecule has 0 bridgehead atoms. The Morgan fingerprint density at radius 2 is 1.50 bits per heavy atom. The minimum Gasteiger partial charge on any atom is -0.384 e. The third-order valence-electron chi connectivity index (χ3n) is 3.26. The largest absolute Gasteiger partial charge is 0.384 e. The van der Waals surface area contributed by atoms with Gasteiger partial charge < -0.3 is 5.11 Å². The highest BCUT2D eigenvalue weighted by atomic mass is 19.1. The van der Waals surface area contributed by atoms with Crippen molar-refractivity contribution in [2.75, 3.05) is 0 Å². The van der Waals surface area contributed by atoms with Crippen LogP contribution in [0.4, 0.5) is 8.78 Å². The molecule has 0 aromatic heterocycles. The maximum Gasteiger partial charge on any atom is 0.126 e. The van der Waals surface area contributed by atoms with Gasteiger partial charge in [-0.1, -0.05) is 45.0 Å². The van der Waals surface area contributed by atoms with Crippen LogP contribution in [-0.2, 0) is 5.41 Å². The van der Waals surface area contributed by atoms with Crippen molar-refractivity contribution in [2.45, 2.75) is 32.3 Å². The average Bonchev–Trinajstić information content (AvgIpc) is 2.35. The molecule has 0 saturated heterocycles. The van der Waals surface area contributed by atoms with Crippen LogP contribution in [0.3, 0.4) is 0 Å². The smallest absolute Gasteiger partial charge is 0.126 e. The predicted molar refractivity (Wildman–Crippen MR) is 75.6 cm³/mol. The fourth-order valence-corrected chi connectivity index (χ4v) is 2.33. The summed E-state index contributed by atoms with van der Waals surface area (Å²) < 4.78 is 26.6. The number of benzene rings is 2. The number of hydrogen-bond acceptors (Lipinski definition) is 1. The molecular weight excluding hydrogens is 258 g/mol. The molecule has 0 heterocycles. The molecule has 3 heteroatoms. The summed E-state index contributed by atoms with van der Waals surface area (Å²) in [5.74, 6) is -1.38. The highest BCUT2D eigenvalue weighted by Gasteiger charge is 2.22. The van der Waals surface area contributed by atoms with Gasteiger partial charge in [0.25, 0.3) is 0 Å². The molecule has 0 aliphatic heterocycles. The lowest BCUT2D eigenvalue weighted by Gasteiger charge is -2.25. The first-order chi connectivity index (χ1) is 9.29. The second-order valence-electron chi connectivity index (χ2n) is 5.94. The van der Waals surface area contributed by atoms with Crippen LogP contribution < -0.4 is 0 Å². The Morgan fingerprint density at radius 1 is 0.950 bits per heavy atom. The minimum absolute atomic E-state index is 0.163. The van der Waals surface area contributed by atoms with Crippen LogP contribution in [0.15, 0.2) is 42.5 Å². The summed E-state index contributed by atoms with van der Waals surface area (Å²) in [6.45, 7) is 6.10. The van der Waals surface area contributed by atoms with Crippen molar-refractivity contribution in [3.63, 3.8) is 0 Å². The Morgan fingerprint density at radius 3 is 2.05 bits per heavy atom. The summed E-state index contributed by atoms with van der Waals surface area (Å²) >= 11 is 0. The van der Waals surface area contributed by atoms with Crippen molar-refractivity contribution in [1.29, 1.82) is 0 Å². The zero-order valence-electron chi connectivity index (χ0n) is 11.8. The van der Waals surface area contributed by atoms with Gasteiger partial charge in [-0.25, -0.2) is 8.78 Å². The van der Waals surface area contributed by atoms with Crippen LogP contribution >= 0.6 is 0 Å². The normalized spacial score (nSPS) is 13.3. The molecule has 1 N–H and O–H groups in total. The van der Waals surface area contributed by atoms with Gasteiger partial charge in [0.05, 0.1) is 0 Å². The molecule has 2 rings (SSSR count). The van der Waals surface area contributed by atoms with Crippen LogP contribution in [0.1, 0.15) is 43.6 Å². The molecule has 2 aromatic carbocycles. The third-order valence-corrected chi connectivity index (χ3v) is 3.26. The molecular formula is C17H18F2O. The molecule has 0 amide bonds. The molecule has 1 nitrogen and oxygen atoms in total. The highest BCUT2D eigenvalue weighted by Crippen LogP contribution is 2.32. The van der Waals surface area contributed by atoms with Crippen LogP contribution in [0.2, 0.25) is 0 Å².